The maximum atomic E-state index is 14.0. The molecular weight excluding hydrogens is 730 g/mol. The predicted octanol–water partition coefficient (Wildman–Crippen LogP) is 8.21. The zero-order valence-electron chi connectivity index (χ0n) is 33.9. The SMILES string of the molecule is CCCCCN(CCCCC)C(=O)[C@H](CCC(=O)OC(C)(C)C)NC(=O)[C@H](Cc1ccc(OP(=O)(OC(C)(C)C)OC(C)(C)C)cc1)NC(=O)C(F)(F)F. The highest BCUT2D eigenvalue weighted by atomic mass is 31.2. The Balaban J connectivity index is 3.46. The van der Waals surface area contributed by atoms with Crippen molar-refractivity contribution < 1.29 is 55.2 Å². The molecule has 0 aromatic heterocycles. The average Bonchev–Trinajstić information content (AvgIpc) is 2.99. The first-order valence-electron chi connectivity index (χ1n) is 18.7. The fraction of sp³-hybridized carbons (Fsp3) is 0.737. The van der Waals surface area contributed by atoms with E-state index in [-0.39, 0.29) is 18.6 Å². The number of carbonyl (C=O) groups excluding carboxylic acids is 4. The third-order valence-corrected chi connectivity index (χ3v) is 9.25. The minimum atomic E-state index is -5.31. The van der Waals surface area contributed by atoms with Crippen LogP contribution >= 0.6 is 7.82 Å². The molecule has 0 fully saturated rings. The van der Waals surface area contributed by atoms with Gasteiger partial charge in [-0.3, -0.25) is 28.2 Å². The van der Waals surface area contributed by atoms with Gasteiger partial charge >= 0.3 is 25.9 Å². The van der Waals surface area contributed by atoms with E-state index in [0.29, 0.717) is 31.5 Å². The van der Waals surface area contributed by atoms with E-state index in [2.05, 4.69) is 5.32 Å². The van der Waals surface area contributed by atoms with E-state index in [1.54, 1.807) is 72.5 Å². The highest BCUT2D eigenvalue weighted by Crippen LogP contribution is 2.55. The van der Waals surface area contributed by atoms with Crippen LogP contribution in [0.15, 0.2) is 24.3 Å². The van der Waals surface area contributed by atoms with Gasteiger partial charge in [0.15, 0.2) is 0 Å². The molecule has 0 radical (unpaired) electrons. The number of hydrogen-bond acceptors (Lipinski definition) is 9. The molecule has 0 aliphatic heterocycles. The molecule has 54 heavy (non-hydrogen) atoms. The van der Waals surface area contributed by atoms with Crippen molar-refractivity contribution in [2.75, 3.05) is 13.1 Å². The van der Waals surface area contributed by atoms with Crippen LogP contribution in [0.25, 0.3) is 0 Å². The van der Waals surface area contributed by atoms with Crippen LogP contribution in [0.1, 0.15) is 133 Å². The fourth-order valence-electron chi connectivity index (χ4n) is 5.07. The summed E-state index contributed by atoms with van der Waals surface area (Å²) in [6.45, 7) is 19.9. The molecule has 0 aliphatic rings. The third kappa shape index (κ3) is 20.5. The van der Waals surface area contributed by atoms with Crippen molar-refractivity contribution in [3.63, 3.8) is 0 Å². The number of rotatable bonds is 21. The fourth-order valence-corrected chi connectivity index (χ4v) is 6.90. The van der Waals surface area contributed by atoms with Gasteiger partial charge in [0.2, 0.25) is 11.8 Å². The van der Waals surface area contributed by atoms with E-state index in [1.165, 1.54) is 24.3 Å². The molecular formula is C38H63F3N3O9P. The molecule has 0 bridgehead atoms. The van der Waals surface area contributed by atoms with Crippen molar-refractivity contribution in [3.8, 4) is 5.75 Å². The Labute approximate surface area is 319 Å². The Morgan fingerprint density at radius 3 is 1.67 bits per heavy atom. The van der Waals surface area contributed by atoms with Crippen LogP contribution in [0.4, 0.5) is 13.2 Å². The predicted molar refractivity (Wildman–Crippen MR) is 201 cm³/mol. The number of benzene rings is 1. The van der Waals surface area contributed by atoms with Crippen molar-refractivity contribution in [1.29, 1.82) is 0 Å². The Hall–Kier alpha value is -3.16. The highest BCUT2D eigenvalue weighted by molar-refractivity contribution is 7.49. The summed E-state index contributed by atoms with van der Waals surface area (Å²) in [4.78, 5) is 54.2. The van der Waals surface area contributed by atoms with Gasteiger partial charge in [0, 0.05) is 25.9 Å². The summed E-state index contributed by atoms with van der Waals surface area (Å²) in [6, 6.07) is 2.51. The van der Waals surface area contributed by atoms with E-state index >= 15 is 0 Å². The summed E-state index contributed by atoms with van der Waals surface area (Å²) >= 11 is 0. The summed E-state index contributed by atoms with van der Waals surface area (Å²) in [7, 11) is -4.17. The monoisotopic (exact) mass is 793 g/mol. The van der Waals surface area contributed by atoms with Crippen molar-refractivity contribution in [3.05, 3.63) is 29.8 Å². The molecule has 0 spiro atoms. The summed E-state index contributed by atoms with van der Waals surface area (Å²) in [5.41, 5.74) is -2.33. The minimum absolute atomic E-state index is 0.0509. The standard InChI is InChI=1S/C38H63F3N3O9P/c1-12-14-16-24-44(25-17-15-13-2)33(47)29(22-23-31(45)50-35(3,4)5)42-32(46)30(43-34(48)38(39,40)41)26-27-18-20-28(21-19-27)51-54(49,52-36(6,7)8)53-37(9,10)11/h18-21,29-30H,12-17,22-26H2,1-11H3,(H,42,46)(H,43,48)/t29-,30-/m0/s1. The van der Waals surface area contributed by atoms with Crippen LogP contribution in [-0.2, 0) is 43.9 Å². The minimum Gasteiger partial charge on any atom is -0.460 e. The van der Waals surface area contributed by atoms with Gasteiger partial charge in [-0.05, 0) is 99.3 Å². The number of phosphoric ester groups is 1. The number of esters is 1. The van der Waals surface area contributed by atoms with E-state index in [0.717, 1.165) is 25.7 Å². The molecule has 1 aromatic rings. The summed E-state index contributed by atoms with van der Waals surface area (Å²) in [5, 5.41) is 4.30. The molecule has 2 atom stereocenters. The molecule has 0 unspecified atom stereocenters. The van der Waals surface area contributed by atoms with Crippen molar-refractivity contribution in [2.45, 2.75) is 169 Å². The van der Waals surface area contributed by atoms with Gasteiger partial charge < -0.3 is 24.8 Å². The van der Waals surface area contributed by atoms with E-state index in [1.807, 2.05) is 13.8 Å². The van der Waals surface area contributed by atoms with Crippen molar-refractivity contribution >= 4 is 31.5 Å². The molecule has 2 N–H and O–H groups in total. The van der Waals surface area contributed by atoms with Crippen LogP contribution < -0.4 is 15.2 Å². The number of hydrogen-bond donors (Lipinski definition) is 2. The van der Waals surface area contributed by atoms with Crippen LogP contribution in [-0.4, -0.2) is 76.7 Å². The first-order chi connectivity index (χ1) is 24.7. The van der Waals surface area contributed by atoms with Gasteiger partial charge in [0.25, 0.3) is 0 Å². The summed E-state index contributed by atoms with van der Waals surface area (Å²) in [5.74, 6) is -4.46. The topological polar surface area (TPSA) is 150 Å². The molecule has 12 nitrogen and oxygen atoms in total. The molecule has 310 valence electrons. The Kier molecular flexibility index (Phi) is 19.2. The lowest BCUT2D eigenvalue weighted by Gasteiger charge is -2.30. The van der Waals surface area contributed by atoms with Crippen LogP contribution in [0, 0.1) is 0 Å². The van der Waals surface area contributed by atoms with Gasteiger partial charge in [-0.15, -0.1) is 0 Å². The number of halogens is 3. The third-order valence-electron chi connectivity index (χ3n) is 7.28. The second-order valence-corrected chi connectivity index (χ2v) is 17.7. The quantitative estimate of drug-likeness (QED) is 0.0714. The highest BCUT2D eigenvalue weighted by Gasteiger charge is 2.42. The van der Waals surface area contributed by atoms with Crippen LogP contribution in [0.3, 0.4) is 0 Å². The zero-order valence-corrected chi connectivity index (χ0v) is 34.8. The number of phosphoric acid groups is 1. The van der Waals surface area contributed by atoms with Crippen LogP contribution in [0.5, 0.6) is 5.75 Å². The first-order valence-corrected chi connectivity index (χ1v) is 20.1. The Bertz CT molecular complexity index is 1370. The van der Waals surface area contributed by atoms with Gasteiger partial charge in [0.1, 0.15) is 23.4 Å². The second kappa shape index (κ2) is 21.2. The molecule has 3 amide bonds. The molecule has 0 heterocycles. The average molecular weight is 794 g/mol. The lowest BCUT2D eigenvalue weighted by molar-refractivity contribution is -0.174. The molecule has 1 aromatic carbocycles. The number of nitrogens with zero attached hydrogens (tertiary/aromatic N) is 1. The van der Waals surface area contributed by atoms with Crippen molar-refractivity contribution in [1.82, 2.24) is 15.5 Å². The van der Waals surface area contributed by atoms with Gasteiger partial charge in [-0.1, -0.05) is 51.7 Å². The van der Waals surface area contributed by atoms with E-state index in [4.69, 9.17) is 18.3 Å². The number of carbonyl (C=O) groups is 4. The second-order valence-electron chi connectivity index (χ2n) is 16.2. The number of ether oxygens (including phenoxy) is 1. The zero-order chi connectivity index (χ0) is 41.5. The summed E-state index contributed by atoms with van der Waals surface area (Å²) < 4.78 is 76.3. The largest absolute Gasteiger partial charge is 0.531 e. The van der Waals surface area contributed by atoms with E-state index < -0.39 is 73.0 Å². The van der Waals surface area contributed by atoms with Gasteiger partial charge in [0.05, 0.1) is 11.2 Å². The first kappa shape index (κ1) is 48.9. The lowest BCUT2D eigenvalue weighted by Crippen LogP contribution is -2.56. The van der Waals surface area contributed by atoms with E-state index in [9.17, 15) is 36.9 Å². The molecule has 0 saturated heterocycles. The maximum Gasteiger partial charge on any atom is 0.531 e. The van der Waals surface area contributed by atoms with Crippen LogP contribution in [0.2, 0.25) is 0 Å². The molecule has 1 rings (SSSR count). The van der Waals surface area contributed by atoms with Crippen molar-refractivity contribution in [2.24, 2.45) is 0 Å². The normalized spacial score (nSPS) is 13.8. The number of amides is 3. The maximum absolute atomic E-state index is 14.0. The number of unbranched alkanes of at least 4 members (excludes halogenated alkanes) is 4. The smallest absolute Gasteiger partial charge is 0.460 e. The summed E-state index contributed by atoms with van der Waals surface area (Å²) in [6.07, 6.45) is -1.26. The lowest BCUT2D eigenvalue weighted by atomic mass is 10.0. The number of alkyl halides is 3. The van der Waals surface area contributed by atoms with Gasteiger partial charge in [-0.2, -0.15) is 13.2 Å². The van der Waals surface area contributed by atoms with Gasteiger partial charge in [-0.25, -0.2) is 4.57 Å². The number of nitrogens with one attached hydrogen (secondary N) is 2. The molecule has 0 saturated carbocycles. The molecule has 16 heteroatoms. The Morgan fingerprint density at radius 1 is 0.741 bits per heavy atom. The molecule has 0 aliphatic carbocycles. The Morgan fingerprint density at radius 2 is 1.24 bits per heavy atom.